The van der Waals surface area contributed by atoms with Crippen molar-refractivity contribution in [2.75, 3.05) is 13.2 Å². The van der Waals surface area contributed by atoms with Crippen molar-refractivity contribution in [3.63, 3.8) is 0 Å². The Bertz CT molecular complexity index is 1100. The topological polar surface area (TPSA) is 322 Å². The van der Waals surface area contributed by atoms with Crippen molar-refractivity contribution >= 4 is 11.9 Å². The summed E-state index contributed by atoms with van der Waals surface area (Å²) in [5.74, 6) is -1.52. The zero-order valence-electron chi connectivity index (χ0n) is 27.0. The second kappa shape index (κ2) is 16.7. The molecule has 20 atom stereocenters. The largest absolute Gasteiger partial charge is 0.454 e. The number of hydrogen-bond acceptors (Lipinski definition) is 20. The number of amides is 1. The van der Waals surface area contributed by atoms with Gasteiger partial charge < -0.3 is 94.3 Å². The van der Waals surface area contributed by atoms with Gasteiger partial charge in [-0.25, -0.2) is 0 Å². The lowest BCUT2D eigenvalue weighted by Crippen LogP contribution is -2.68. The molecule has 4 fully saturated rings. The van der Waals surface area contributed by atoms with Crippen molar-refractivity contribution in [3.8, 4) is 0 Å². The van der Waals surface area contributed by atoms with E-state index in [9.17, 15) is 60.7 Å². The Morgan fingerprint density at radius 3 is 1.59 bits per heavy atom. The number of rotatable bonds is 10. The molecule has 21 heteroatoms. The third kappa shape index (κ3) is 8.67. The van der Waals surface area contributed by atoms with Gasteiger partial charge in [0, 0.05) is 13.8 Å². The minimum atomic E-state index is -2.03. The number of nitrogens with one attached hydrogen (secondary N) is 1. The van der Waals surface area contributed by atoms with Crippen molar-refractivity contribution in [2.45, 2.75) is 150 Å². The third-order valence-electron chi connectivity index (χ3n) is 8.81. The van der Waals surface area contributed by atoms with Gasteiger partial charge in [0.15, 0.2) is 31.3 Å². The molecule has 0 aromatic rings. The van der Waals surface area contributed by atoms with Crippen LogP contribution in [0, 0.1) is 0 Å². The molecule has 0 aliphatic carbocycles. The van der Waals surface area contributed by atoms with Crippen LogP contribution in [-0.2, 0) is 47.5 Å². The molecule has 4 saturated heterocycles. The summed E-state index contributed by atoms with van der Waals surface area (Å²) >= 11 is 0. The van der Waals surface area contributed by atoms with Gasteiger partial charge in [-0.1, -0.05) is 0 Å². The number of ether oxygens (including phenoxy) is 8. The van der Waals surface area contributed by atoms with Crippen molar-refractivity contribution in [2.24, 2.45) is 0 Å². The number of carbonyl (C=O) groups is 2. The summed E-state index contributed by atoms with van der Waals surface area (Å²) in [5.41, 5.74) is 0. The van der Waals surface area contributed by atoms with Crippen molar-refractivity contribution in [1.29, 1.82) is 0 Å². The summed E-state index contributed by atoms with van der Waals surface area (Å²) in [4.78, 5) is 23.6. The van der Waals surface area contributed by atoms with Crippen LogP contribution >= 0.6 is 0 Å². The van der Waals surface area contributed by atoms with E-state index in [2.05, 4.69) is 5.32 Å². The quantitative estimate of drug-likeness (QED) is 0.0935. The Hall–Kier alpha value is -1.74. The van der Waals surface area contributed by atoms with E-state index in [1.807, 2.05) is 0 Å². The molecular weight excluding hydrogens is 670 g/mol. The van der Waals surface area contributed by atoms with Crippen molar-refractivity contribution in [3.05, 3.63) is 0 Å². The van der Waals surface area contributed by atoms with Gasteiger partial charge in [-0.3, -0.25) is 9.59 Å². The van der Waals surface area contributed by atoms with Crippen LogP contribution in [0.25, 0.3) is 0 Å². The summed E-state index contributed by atoms with van der Waals surface area (Å²) in [7, 11) is 0. The maximum absolute atomic E-state index is 11.9. The Balaban J connectivity index is 1.55. The van der Waals surface area contributed by atoms with E-state index in [-0.39, 0.29) is 0 Å². The highest BCUT2D eigenvalue weighted by Gasteiger charge is 2.55. The monoisotopic (exact) mass is 717 g/mol. The standard InChI is InChI=1S/C28H47NO20/c1-7-14(34)17(37)23(44-10(4)33)27(42-7)47-21-12(6-31)46-26(20(40)19(21)39)49-24-18(38)15(35)8(2)43-28(24)48-22-13(29-9(3)32)25(41)45-11(5-30)16(22)36/h7-8,11-28,30-31,34-41H,5-6H2,1-4H3,(H,29,32)/t7-,8-,11+,12+,13+,14-,15-,16+,17+,18+,19+,20+,21+,22+,23+,24+,25+,26+,27-,28-/m0/s1. The summed E-state index contributed by atoms with van der Waals surface area (Å²) in [6.07, 6.45) is -31.0. The van der Waals surface area contributed by atoms with Gasteiger partial charge in [-0.05, 0) is 13.8 Å². The number of aliphatic hydroxyl groups is 10. The molecule has 4 rings (SSSR count). The Morgan fingerprint density at radius 2 is 1.06 bits per heavy atom. The average molecular weight is 718 g/mol. The van der Waals surface area contributed by atoms with Crippen LogP contribution in [0.5, 0.6) is 0 Å². The molecule has 21 nitrogen and oxygen atoms in total. The molecule has 1 amide bonds. The van der Waals surface area contributed by atoms with Crippen molar-refractivity contribution in [1.82, 2.24) is 5.32 Å². The highest BCUT2D eigenvalue weighted by Crippen LogP contribution is 2.35. The molecule has 49 heavy (non-hydrogen) atoms. The molecule has 0 aromatic carbocycles. The fourth-order valence-electron chi connectivity index (χ4n) is 6.12. The van der Waals surface area contributed by atoms with E-state index < -0.39 is 148 Å². The molecule has 0 spiro atoms. The summed E-state index contributed by atoms with van der Waals surface area (Å²) in [5, 5.41) is 108. The van der Waals surface area contributed by atoms with Crippen LogP contribution in [0.1, 0.15) is 27.7 Å². The molecule has 4 aliphatic heterocycles. The van der Waals surface area contributed by atoms with E-state index in [0.29, 0.717) is 0 Å². The first-order valence-corrected chi connectivity index (χ1v) is 15.7. The van der Waals surface area contributed by atoms with Gasteiger partial charge in [0.25, 0.3) is 0 Å². The van der Waals surface area contributed by atoms with E-state index >= 15 is 0 Å². The fourth-order valence-corrected chi connectivity index (χ4v) is 6.12. The Morgan fingerprint density at radius 1 is 0.571 bits per heavy atom. The summed E-state index contributed by atoms with van der Waals surface area (Å²) in [6.45, 7) is 3.25. The minimum Gasteiger partial charge on any atom is -0.454 e. The maximum Gasteiger partial charge on any atom is 0.303 e. The molecule has 0 radical (unpaired) electrons. The summed E-state index contributed by atoms with van der Waals surface area (Å²) < 4.78 is 44.6. The van der Waals surface area contributed by atoms with E-state index in [1.54, 1.807) is 0 Å². The van der Waals surface area contributed by atoms with Gasteiger partial charge in [-0.2, -0.15) is 0 Å². The normalized spacial score (nSPS) is 49.3. The molecule has 11 N–H and O–H groups in total. The maximum atomic E-state index is 11.9. The van der Waals surface area contributed by atoms with Crippen LogP contribution < -0.4 is 5.32 Å². The second-order valence-corrected chi connectivity index (χ2v) is 12.4. The highest BCUT2D eigenvalue weighted by molar-refractivity contribution is 5.73. The molecular formula is C28H47NO20. The molecule has 0 aromatic heterocycles. The third-order valence-corrected chi connectivity index (χ3v) is 8.81. The fraction of sp³-hybridized carbons (Fsp3) is 0.929. The Kier molecular flexibility index (Phi) is 13.7. The van der Waals surface area contributed by atoms with Crippen LogP contribution in [0.2, 0.25) is 0 Å². The van der Waals surface area contributed by atoms with Gasteiger partial charge in [-0.15, -0.1) is 0 Å². The van der Waals surface area contributed by atoms with Gasteiger partial charge in [0.2, 0.25) is 5.91 Å². The lowest BCUT2D eigenvalue weighted by Gasteiger charge is -2.49. The highest BCUT2D eigenvalue weighted by atomic mass is 16.8. The molecule has 284 valence electrons. The van der Waals surface area contributed by atoms with Crippen molar-refractivity contribution < 1.29 is 98.5 Å². The van der Waals surface area contributed by atoms with Crippen LogP contribution in [0.4, 0.5) is 0 Å². The van der Waals surface area contributed by atoms with Gasteiger partial charge in [0.05, 0.1) is 25.4 Å². The lowest BCUT2D eigenvalue weighted by molar-refractivity contribution is -0.390. The average Bonchev–Trinajstić information content (AvgIpc) is 3.04. The molecule has 0 saturated carbocycles. The minimum absolute atomic E-state index is 0.658. The number of aliphatic hydroxyl groups excluding tert-OH is 10. The summed E-state index contributed by atoms with van der Waals surface area (Å²) in [6, 6.07) is -1.44. The van der Waals surface area contributed by atoms with Crippen LogP contribution in [0.15, 0.2) is 0 Å². The van der Waals surface area contributed by atoms with Crippen LogP contribution in [-0.4, -0.2) is 199 Å². The van der Waals surface area contributed by atoms with E-state index in [1.165, 1.54) is 13.8 Å². The van der Waals surface area contributed by atoms with Gasteiger partial charge >= 0.3 is 5.97 Å². The Labute approximate surface area is 279 Å². The van der Waals surface area contributed by atoms with Gasteiger partial charge in [0.1, 0.15) is 79.3 Å². The predicted octanol–water partition coefficient (Wildman–Crippen LogP) is -6.98. The zero-order chi connectivity index (χ0) is 36.5. The molecule has 0 unspecified atom stereocenters. The first-order chi connectivity index (χ1) is 23.0. The number of carbonyl (C=O) groups excluding carboxylic acids is 2. The first-order valence-electron chi connectivity index (χ1n) is 15.7. The SMILES string of the molecule is CC(=O)N[C@@H]1[C@@H](O[C@@H]2O[C@@H](C)[C@H](O)[C@@H](O)[C@H]2O[C@H]2O[C@H](CO)[C@@H](O[C@@H]3O[C@@H](C)[C@H](O)[C@@H](O)[C@H]3OC(C)=O)[C@H](O)[C@H]2O)[C@H](O)[C@@H](CO)O[C@H]1O. The lowest BCUT2D eigenvalue weighted by atomic mass is 9.95. The van der Waals surface area contributed by atoms with Crippen LogP contribution in [0.3, 0.4) is 0 Å². The first kappa shape index (κ1) is 40.0. The smallest absolute Gasteiger partial charge is 0.303 e. The van der Waals surface area contributed by atoms with E-state index in [0.717, 1.165) is 13.8 Å². The predicted molar refractivity (Wildman–Crippen MR) is 152 cm³/mol. The molecule has 4 heterocycles. The second-order valence-electron chi connectivity index (χ2n) is 12.4. The van der Waals surface area contributed by atoms with E-state index in [4.69, 9.17) is 37.9 Å². The molecule has 0 bridgehead atoms. The zero-order valence-corrected chi connectivity index (χ0v) is 27.0. The number of hydrogen-bond donors (Lipinski definition) is 11. The number of esters is 1. The molecule has 4 aliphatic rings.